The van der Waals surface area contributed by atoms with Gasteiger partial charge in [-0.05, 0) is 24.6 Å². The number of rotatable bonds is 2. The van der Waals surface area contributed by atoms with E-state index in [4.69, 9.17) is 11.6 Å². The van der Waals surface area contributed by atoms with Gasteiger partial charge >= 0.3 is 0 Å². The molecule has 0 atom stereocenters. The zero-order valence-corrected chi connectivity index (χ0v) is 13.4. The normalized spacial score (nSPS) is 10.2. The van der Waals surface area contributed by atoms with Crippen molar-refractivity contribution in [2.24, 2.45) is 7.05 Å². The Labute approximate surface area is 126 Å². The van der Waals surface area contributed by atoms with Crippen LogP contribution in [0.5, 0.6) is 0 Å². The molecule has 0 radical (unpaired) electrons. The number of imidazole rings is 1. The minimum atomic E-state index is 0.239. The van der Waals surface area contributed by atoms with Crippen molar-refractivity contribution in [3.05, 3.63) is 28.8 Å². The van der Waals surface area contributed by atoms with Crippen molar-refractivity contribution in [3.63, 3.8) is 0 Å². The molecule has 0 aliphatic heterocycles. The monoisotopic (exact) mass is 309 g/mol. The zero-order valence-electron chi connectivity index (χ0n) is 11.8. The molecular formula is C13H16ClN5S. The average molecular weight is 310 g/mol. The van der Waals surface area contributed by atoms with Crippen LogP contribution in [-0.2, 0) is 7.05 Å². The summed E-state index contributed by atoms with van der Waals surface area (Å²) < 4.78 is 1.86. The van der Waals surface area contributed by atoms with Crippen LogP contribution in [0.15, 0.2) is 18.6 Å². The Morgan fingerprint density at radius 3 is 2.70 bits per heavy atom. The lowest BCUT2D eigenvalue weighted by Crippen LogP contribution is -1.96. The highest BCUT2D eigenvalue weighted by Crippen LogP contribution is 2.30. The minimum absolute atomic E-state index is 0.239. The van der Waals surface area contributed by atoms with Crippen molar-refractivity contribution in [1.82, 2.24) is 19.5 Å². The van der Waals surface area contributed by atoms with Crippen molar-refractivity contribution in [1.29, 1.82) is 0 Å². The number of halogens is 1. The molecule has 5 nitrogen and oxygen atoms in total. The van der Waals surface area contributed by atoms with E-state index in [2.05, 4.69) is 20.3 Å². The summed E-state index contributed by atoms with van der Waals surface area (Å²) in [6.45, 7) is 6.03. The van der Waals surface area contributed by atoms with Gasteiger partial charge in [-0.15, -0.1) is 11.3 Å². The van der Waals surface area contributed by atoms with Crippen molar-refractivity contribution in [2.45, 2.75) is 20.8 Å². The molecule has 0 aromatic carbocycles. The van der Waals surface area contributed by atoms with E-state index < -0.39 is 0 Å². The number of hydrogen-bond acceptors (Lipinski definition) is 5. The first kappa shape index (κ1) is 14.7. The number of thiophene rings is 1. The second-order valence-electron chi connectivity index (χ2n) is 3.97. The van der Waals surface area contributed by atoms with E-state index in [0.717, 1.165) is 16.0 Å². The third-order valence-corrected chi connectivity index (χ3v) is 3.55. The van der Waals surface area contributed by atoms with Gasteiger partial charge in [-0.1, -0.05) is 13.8 Å². The SMILES string of the molecule is CC.Cc1cc2c(Nc3cn(C)cn3)nc(Cl)nc2s1. The molecular weight excluding hydrogens is 294 g/mol. The van der Waals surface area contributed by atoms with Crippen molar-refractivity contribution in [3.8, 4) is 0 Å². The van der Waals surface area contributed by atoms with E-state index in [9.17, 15) is 0 Å². The number of fused-ring (bicyclic) bond motifs is 1. The Hall–Kier alpha value is -1.66. The smallest absolute Gasteiger partial charge is 0.225 e. The van der Waals surface area contributed by atoms with E-state index in [-0.39, 0.29) is 5.28 Å². The van der Waals surface area contributed by atoms with Gasteiger partial charge < -0.3 is 9.88 Å². The van der Waals surface area contributed by atoms with E-state index in [1.165, 1.54) is 4.88 Å². The molecule has 0 saturated carbocycles. The largest absolute Gasteiger partial charge is 0.338 e. The molecule has 0 saturated heterocycles. The molecule has 20 heavy (non-hydrogen) atoms. The van der Waals surface area contributed by atoms with Crippen LogP contribution in [0.1, 0.15) is 18.7 Å². The standard InChI is InChI=1S/C11H10ClN5S.C2H6/c1-6-3-7-9(14-8-4-17(2)5-13-8)15-11(12)16-10(7)18-6;1-2/h3-5H,1-2H3,(H,14,15,16);1-2H3. The van der Waals surface area contributed by atoms with Gasteiger partial charge in [0.15, 0.2) is 0 Å². The number of nitrogens with zero attached hydrogens (tertiary/aromatic N) is 4. The predicted molar refractivity (Wildman–Crippen MR) is 85.0 cm³/mol. The summed E-state index contributed by atoms with van der Waals surface area (Å²) >= 11 is 7.52. The predicted octanol–water partition coefficient (Wildman–Crippen LogP) is 4.16. The van der Waals surface area contributed by atoms with Gasteiger partial charge in [0.05, 0.1) is 11.7 Å². The second kappa shape index (κ2) is 6.19. The van der Waals surface area contributed by atoms with Crippen molar-refractivity contribution < 1.29 is 0 Å². The molecule has 0 unspecified atom stereocenters. The first-order valence-corrected chi connectivity index (χ1v) is 7.50. The summed E-state index contributed by atoms with van der Waals surface area (Å²) in [6, 6.07) is 2.04. The van der Waals surface area contributed by atoms with Gasteiger partial charge in [0.1, 0.15) is 16.5 Å². The summed E-state index contributed by atoms with van der Waals surface area (Å²) in [6.07, 6.45) is 3.60. The molecule has 106 valence electrons. The fourth-order valence-corrected chi connectivity index (χ4v) is 2.81. The van der Waals surface area contributed by atoms with Gasteiger partial charge in [-0.2, -0.15) is 4.98 Å². The second-order valence-corrected chi connectivity index (χ2v) is 5.54. The molecule has 0 amide bonds. The minimum Gasteiger partial charge on any atom is -0.338 e. The van der Waals surface area contributed by atoms with E-state index in [1.54, 1.807) is 17.7 Å². The summed E-state index contributed by atoms with van der Waals surface area (Å²) in [5, 5.41) is 4.37. The van der Waals surface area contributed by atoms with Crippen molar-refractivity contribution >= 4 is 44.8 Å². The highest BCUT2D eigenvalue weighted by molar-refractivity contribution is 7.18. The zero-order chi connectivity index (χ0) is 14.7. The van der Waals surface area contributed by atoms with Crippen LogP contribution in [0.3, 0.4) is 0 Å². The summed E-state index contributed by atoms with van der Waals surface area (Å²) in [5.74, 6) is 1.42. The van der Waals surface area contributed by atoms with Gasteiger partial charge in [0.2, 0.25) is 5.28 Å². The molecule has 0 fully saturated rings. The average Bonchev–Trinajstić information content (AvgIpc) is 2.97. The molecule has 3 aromatic heterocycles. The highest BCUT2D eigenvalue weighted by atomic mass is 35.5. The van der Waals surface area contributed by atoms with E-state index in [0.29, 0.717) is 5.82 Å². The van der Waals surface area contributed by atoms with Gasteiger partial charge in [0, 0.05) is 18.1 Å². The fraction of sp³-hybridized carbons (Fsp3) is 0.308. The maximum Gasteiger partial charge on any atom is 0.225 e. The lowest BCUT2D eigenvalue weighted by molar-refractivity contribution is 0.913. The lowest BCUT2D eigenvalue weighted by atomic mass is 10.3. The fourth-order valence-electron chi connectivity index (χ4n) is 1.71. The first-order valence-electron chi connectivity index (χ1n) is 6.30. The topological polar surface area (TPSA) is 55.6 Å². The quantitative estimate of drug-likeness (QED) is 0.722. The molecule has 7 heteroatoms. The molecule has 3 aromatic rings. The Kier molecular flexibility index (Phi) is 4.57. The third-order valence-electron chi connectivity index (χ3n) is 2.44. The molecule has 0 spiro atoms. The Balaban J connectivity index is 0.000000704. The van der Waals surface area contributed by atoms with Crippen LogP contribution in [0.4, 0.5) is 11.6 Å². The van der Waals surface area contributed by atoms with E-state index in [1.807, 2.05) is 44.6 Å². The lowest BCUT2D eigenvalue weighted by Gasteiger charge is -2.03. The first-order chi connectivity index (χ1) is 9.61. The Morgan fingerprint density at radius 1 is 1.30 bits per heavy atom. The molecule has 0 bridgehead atoms. The van der Waals surface area contributed by atoms with Crippen LogP contribution >= 0.6 is 22.9 Å². The number of aromatic nitrogens is 4. The summed E-state index contributed by atoms with van der Waals surface area (Å²) in [5.41, 5.74) is 0. The van der Waals surface area contributed by atoms with Crippen LogP contribution in [0.25, 0.3) is 10.2 Å². The Bertz CT molecular complexity index is 719. The van der Waals surface area contributed by atoms with Crippen LogP contribution in [-0.4, -0.2) is 19.5 Å². The van der Waals surface area contributed by atoms with E-state index >= 15 is 0 Å². The maximum absolute atomic E-state index is 5.92. The Morgan fingerprint density at radius 2 is 2.05 bits per heavy atom. The number of aryl methyl sites for hydroxylation is 2. The number of anilines is 2. The van der Waals surface area contributed by atoms with Crippen LogP contribution < -0.4 is 5.32 Å². The van der Waals surface area contributed by atoms with Gasteiger partial charge in [0.25, 0.3) is 0 Å². The molecule has 0 aliphatic rings. The number of hydrogen-bond donors (Lipinski definition) is 1. The number of nitrogens with one attached hydrogen (secondary N) is 1. The molecule has 3 rings (SSSR count). The molecule has 1 N–H and O–H groups in total. The van der Waals surface area contributed by atoms with Crippen molar-refractivity contribution in [2.75, 3.05) is 5.32 Å². The summed E-state index contributed by atoms with van der Waals surface area (Å²) in [7, 11) is 1.91. The van der Waals surface area contributed by atoms with Crippen LogP contribution in [0.2, 0.25) is 5.28 Å². The highest BCUT2D eigenvalue weighted by Gasteiger charge is 2.10. The maximum atomic E-state index is 5.92. The van der Waals surface area contributed by atoms with Crippen LogP contribution in [0, 0.1) is 6.92 Å². The molecule has 0 aliphatic carbocycles. The molecule has 3 heterocycles. The third kappa shape index (κ3) is 3.08. The van der Waals surface area contributed by atoms with Gasteiger partial charge in [-0.25, -0.2) is 9.97 Å². The van der Waals surface area contributed by atoms with Gasteiger partial charge in [-0.3, -0.25) is 0 Å². The summed E-state index contributed by atoms with van der Waals surface area (Å²) in [4.78, 5) is 14.7.